The van der Waals surface area contributed by atoms with E-state index in [2.05, 4.69) is 27.7 Å². The topological polar surface area (TPSA) is 20.2 Å². The van der Waals surface area contributed by atoms with Gasteiger partial charge in [0.15, 0.2) is 0 Å². The maximum absolute atomic E-state index is 10.6. The second-order valence-electron chi connectivity index (χ2n) is 8.28. The zero-order chi connectivity index (χ0) is 13.1. The zero-order valence-corrected chi connectivity index (χ0v) is 12.6. The molecule has 3 unspecified atom stereocenters. The summed E-state index contributed by atoms with van der Waals surface area (Å²) in [5, 5.41) is 10.6. The van der Waals surface area contributed by atoms with E-state index >= 15 is 0 Å². The second-order valence-corrected chi connectivity index (χ2v) is 8.28. The minimum Gasteiger partial charge on any atom is -0.393 e. The summed E-state index contributed by atoms with van der Waals surface area (Å²) in [6.45, 7) is 9.75. The molecule has 6 atom stereocenters. The predicted octanol–water partition coefficient (Wildman–Crippen LogP) is 4.25. The summed E-state index contributed by atoms with van der Waals surface area (Å²) in [5.41, 5.74) is 0.985. The molecule has 0 saturated heterocycles. The molecule has 3 saturated carbocycles. The zero-order valence-electron chi connectivity index (χ0n) is 12.6. The van der Waals surface area contributed by atoms with E-state index in [-0.39, 0.29) is 6.10 Å². The van der Waals surface area contributed by atoms with Crippen molar-refractivity contribution in [2.45, 2.75) is 72.3 Å². The van der Waals surface area contributed by atoms with Gasteiger partial charge in [-0.3, -0.25) is 0 Å². The molecule has 1 N–H and O–H groups in total. The van der Waals surface area contributed by atoms with Crippen molar-refractivity contribution in [2.24, 2.45) is 34.5 Å². The van der Waals surface area contributed by atoms with Crippen molar-refractivity contribution >= 4 is 0 Å². The van der Waals surface area contributed by atoms with Crippen LogP contribution in [0.1, 0.15) is 66.2 Å². The molecule has 0 spiro atoms. The molecule has 3 fully saturated rings. The summed E-state index contributed by atoms with van der Waals surface area (Å²) < 4.78 is 0. The Morgan fingerprint density at radius 1 is 1.06 bits per heavy atom. The van der Waals surface area contributed by atoms with Gasteiger partial charge in [-0.2, -0.15) is 0 Å². The summed E-state index contributed by atoms with van der Waals surface area (Å²) in [5.74, 6) is 2.80. The van der Waals surface area contributed by atoms with Crippen molar-refractivity contribution in [1.82, 2.24) is 0 Å². The van der Waals surface area contributed by atoms with Crippen LogP contribution in [0.15, 0.2) is 0 Å². The SMILES string of the molecule is CC1CCCC([C@H]2C[C@@H]3CC[C@@]2(C)C3(C)C)C1O. The van der Waals surface area contributed by atoms with Crippen molar-refractivity contribution in [2.75, 3.05) is 0 Å². The summed E-state index contributed by atoms with van der Waals surface area (Å²) in [6.07, 6.45) is 8.02. The number of aliphatic hydroxyl groups excluding tert-OH is 1. The molecule has 0 radical (unpaired) electrons. The van der Waals surface area contributed by atoms with Gasteiger partial charge in [-0.25, -0.2) is 0 Å². The van der Waals surface area contributed by atoms with Gasteiger partial charge in [-0.15, -0.1) is 0 Å². The van der Waals surface area contributed by atoms with E-state index in [4.69, 9.17) is 0 Å². The van der Waals surface area contributed by atoms with E-state index in [1.165, 1.54) is 38.5 Å². The van der Waals surface area contributed by atoms with Crippen LogP contribution in [0.3, 0.4) is 0 Å². The van der Waals surface area contributed by atoms with Gasteiger partial charge in [-0.05, 0) is 66.6 Å². The summed E-state index contributed by atoms with van der Waals surface area (Å²) >= 11 is 0. The molecule has 3 aliphatic rings. The first-order chi connectivity index (χ1) is 8.38. The summed E-state index contributed by atoms with van der Waals surface area (Å²) in [7, 11) is 0. The van der Waals surface area contributed by atoms with Crippen molar-refractivity contribution < 1.29 is 5.11 Å². The Hall–Kier alpha value is -0.0400. The molecule has 18 heavy (non-hydrogen) atoms. The second kappa shape index (κ2) is 3.98. The Bertz CT molecular complexity index is 335. The molecule has 0 aromatic rings. The first kappa shape index (κ1) is 13.0. The average Bonchev–Trinajstić information content (AvgIpc) is 2.65. The van der Waals surface area contributed by atoms with Crippen LogP contribution in [0.25, 0.3) is 0 Å². The third-order valence-corrected chi connectivity index (χ3v) is 7.60. The van der Waals surface area contributed by atoms with Crippen LogP contribution >= 0.6 is 0 Å². The molecule has 1 nitrogen and oxygen atoms in total. The van der Waals surface area contributed by atoms with Gasteiger partial charge in [0.2, 0.25) is 0 Å². The van der Waals surface area contributed by atoms with Crippen LogP contribution in [0.2, 0.25) is 0 Å². The fourth-order valence-electron chi connectivity index (χ4n) is 5.79. The highest BCUT2D eigenvalue weighted by atomic mass is 16.3. The third-order valence-electron chi connectivity index (χ3n) is 7.60. The van der Waals surface area contributed by atoms with Crippen molar-refractivity contribution in [3.8, 4) is 0 Å². The number of aliphatic hydroxyl groups is 1. The quantitative estimate of drug-likeness (QED) is 0.738. The highest BCUT2D eigenvalue weighted by molar-refractivity contribution is 5.12. The predicted molar refractivity (Wildman–Crippen MR) is 75.2 cm³/mol. The van der Waals surface area contributed by atoms with E-state index < -0.39 is 0 Å². The van der Waals surface area contributed by atoms with Gasteiger partial charge >= 0.3 is 0 Å². The molecule has 104 valence electrons. The van der Waals surface area contributed by atoms with Gasteiger partial charge in [0.1, 0.15) is 0 Å². The van der Waals surface area contributed by atoms with Gasteiger partial charge < -0.3 is 5.11 Å². The van der Waals surface area contributed by atoms with Crippen LogP contribution in [0, 0.1) is 34.5 Å². The molecular weight excluding hydrogens is 220 g/mol. The van der Waals surface area contributed by atoms with Gasteiger partial charge in [-0.1, -0.05) is 34.1 Å². The molecule has 0 heterocycles. The molecule has 1 heteroatoms. The maximum atomic E-state index is 10.6. The molecule has 0 aromatic heterocycles. The fraction of sp³-hybridized carbons (Fsp3) is 1.00. The van der Waals surface area contributed by atoms with Crippen molar-refractivity contribution in [3.63, 3.8) is 0 Å². The Morgan fingerprint density at radius 2 is 1.78 bits per heavy atom. The Morgan fingerprint density at radius 3 is 2.33 bits per heavy atom. The smallest absolute Gasteiger partial charge is 0.0596 e. The van der Waals surface area contributed by atoms with Gasteiger partial charge in [0.25, 0.3) is 0 Å². The number of hydrogen-bond donors (Lipinski definition) is 1. The molecule has 2 bridgehead atoms. The molecule has 0 amide bonds. The van der Waals surface area contributed by atoms with Gasteiger partial charge in [0, 0.05) is 0 Å². The molecule has 0 aromatic carbocycles. The number of hydrogen-bond acceptors (Lipinski definition) is 1. The molecule has 0 aliphatic heterocycles. The Labute approximate surface area is 112 Å². The minimum atomic E-state index is -0.0317. The lowest BCUT2D eigenvalue weighted by atomic mass is 9.59. The summed E-state index contributed by atoms with van der Waals surface area (Å²) in [6, 6.07) is 0. The van der Waals surface area contributed by atoms with Crippen molar-refractivity contribution in [1.29, 1.82) is 0 Å². The van der Waals surface area contributed by atoms with Crippen LogP contribution in [0.4, 0.5) is 0 Å². The van der Waals surface area contributed by atoms with Crippen molar-refractivity contribution in [3.05, 3.63) is 0 Å². The van der Waals surface area contributed by atoms with Crippen LogP contribution < -0.4 is 0 Å². The number of rotatable bonds is 1. The lowest BCUT2D eigenvalue weighted by Crippen LogP contribution is -2.43. The Balaban J connectivity index is 1.86. The summed E-state index contributed by atoms with van der Waals surface area (Å²) in [4.78, 5) is 0. The lowest BCUT2D eigenvalue weighted by Gasteiger charge is -2.46. The number of fused-ring (bicyclic) bond motifs is 2. The molecular formula is C17H30O. The fourth-order valence-corrected chi connectivity index (χ4v) is 5.79. The van der Waals surface area contributed by atoms with E-state index in [0.717, 1.165) is 11.8 Å². The monoisotopic (exact) mass is 250 g/mol. The lowest BCUT2D eigenvalue weighted by molar-refractivity contribution is -0.0455. The largest absolute Gasteiger partial charge is 0.393 e. The van der Waals surface area contributed by atoms with Crippen LogP contribution in [-0.2, 0) is 0 Å². The van der Waals surface area contributed by atoms with E-state index in [1.54, 1.807) is 0 Å². The molecule has 3 rings (SSSR count). The normalized spacial score (nSPS) is 54.8. The van der Waals surface area contributed by atoms with Crippen LogP contribution in [0.5, 0.6) is 0 Å². The third kappa shape index (κ3) is 1.49. The van der Waals surface area contributed by atoms with E-state index in [0.29, 0.717) is 22.7 Å². The highest BCUT2D eigenvalue weighted by Crippen LogP contribution is 2.70. The Kier molecular flexibility index (Phi) is 2.86. The first-order valence-corrected chi connectivity index (χ1v) is 8.06. The molecule has 3 aliphatic carbocycles. The minimum absolute atomic E-state index is 0.0317. The highest BCUT2D eigenvalue weighted by Gasteiger charge is 2.63. The van der Waals surface area contributed by atoms with E-state index in [1.807, 2.05) is 0 Å². The maximum Gasteiger partial charge on any atom is 0.0596 e. The van der Waals surface area contributed by atoms with Gasteiger partial charge in [0.05, 0.1) is 6.10 Å². The first-order valence-electron chi connectivity index (χ1n) is 8.06. The standard InChI is InChI=1S/C17H30O/c1-11-6-5-7-13(15(11)18)14-10-12-8-9-17(14,4)16(12,2)3/h11-15,18H,5-10H2,1-4H3/t11?,12-,13?,14+,15?,17+/m0/s1. The average molecular weight is 250 g/mol. The van der Waals surface area contributed by atoms with E-state index in [9.17, 15) is 5.11 Å². The van der Waals surface area contributed by atoms with Crippen LogP contribution in [-0.4, -0.2) is 11.2 Å².